The summed E-state index contributed by atoms with van der Waals surface area (Å²) in [7, 11) is 0. The summed E-state index contributed by atoms with van der Waals surface area (Å²) in [5.41, 5.74) is 0. The third-order valence-corrected chi connectivity index (χ3v) is 10.8. The van der Waals surface area contributed by atoms with Gasteiger partial charge in [0.15, 0.2) is 6.10 Å². The van der Waals surface area contributed by atoms with Crippen molar-refractivity contribution >= 4 is 17.9 Å². The minimum absolute atomic E-state index is 0.117. The van der Waals surface area contributed by atoms with Crippen molar-refractivity contribution in [3.8, 4) is 0 Å². The van der Waals surface area contributed by atoms with Crippen LogP contribution >= 0.6 is 0 Å². The SMILES string of the molecule is CC/C=C\C/C=C\C/C=C\C/C=C\C/C=C\C/C=C\CCC(=O)OC[C@H](COC(=O)CCCCCCCCCCCCCCC)OC(=O)CCCC/C=C\C/C=C\C/C=C\CCCCC. The van der Waals surface area contributed by atoms with Gasteiger partial charge < -0.3 is 14.2 Å². The van der Waals surface area contributed by atoms with Gasteiger partial charge in [0, 0.05) is 19.3 Å². The fraction of sp³-hybridized carbons (Fsp3) is 0.644. The van der Waals surface area contributed by atoms with Crippen LogP contribution in [0.4, 0.5) is 0 Å². The van der Waals surface area contributed by atoms with E-state index in [1.165, 1.54) is 89.9 Å². The van der Waals surface area contributed by atoms with E-state index in [9.17, 15) is 14.4 Å². The van der Waals surface area contributed by atoms with E-state index in [0.29, 0.717) is 19.3 Å². The third-order valence-electron chi connectivity index (χ3n) is 10.8. The number of carbonyl (C=O) groups excluding carboxylic acids is 3. The van der Waals surface area contributed by atoms with Crippen LogP contribution in [-0.2, 0) is 28.6 Å². The summed E-state index contributed by atoms with van der Waals surface area (Å²) >= 11 is 0. The number of allylic oxidation sites excluding steroid dienone is 18. The monoisotopic (exact) mass is 901 g/mol. The highest BCUT2D eigenvalue weighted by atomic mass is 16.6. The molecule has 0 aliphatic heterocycles. The minimum atomic E-state index is -0.828. The molecular weight excluding hydrogens is 805 g/mol. The van der Waals surface area contributed by atoms with Crippen molar-refractivity contribution in [2.75, 3.05) is 13.2 Å². The molecule has 0 aliphatic carbocycles. The van der Waals surface area contributed by atoms with E-state index < -0.39 is 6.10 Å². The topological polar surface area (TPSA) is 78.9 Å². The molecule has 0 radical (unpaired) electrons. The van der Waals surface area contributed by atoms with Crippen LogP contribution < -0.4 is 0 Å². The van der Waals surface area contributed by atoms with Gasteiger partial charge in [-0.25, -0.2) is 0 Å². The van der Waals surface area contributed by atoms with Gasteiger partial charge in [0.1, 0.15) is 13.2 Å². The fourth-order valence-corrected chi connectivity index (χ4v) is 6.83. The Balaban J connectivity index is 4.57. The molecule has 65 heavy (non-hydrogen) atoms. The van der Waals surface area contributed by atoms with Gasteiger partial charge in [0.05, 0.1) is 0 Å². The normalized spacial score (nSPS) is 13.0. The zero-order valence-corrected chi connectivity index (χ0v) is 42.0. The average Bonchev–Trinajstić information content (AvgIpc) is 3.30. The maximum atomic E-state index is 12.8. The van der Waals surface area contributed by atoms with Crippen LogP contribution in [0.25, 0.3) is 0 Å². The summed E-state index contributed by atoms with van der Waals surface area (Å²) in [6.45, 7) is 6.39. The second kappa shape index (κ2) is 52.7. The lowest BCUT2D eigenvalue weighted by atomic mass is 10.0. The summed E-state index contributed by atoms with van der Waals surface area (Å²) < 4.78 is 16.7. The zero-order valence-electron chi connectivity index (χ0n) is 42.0. The summed E-state index contributed by atoms with van der Waals surface area (Å²) in [4.78, 5) is 38.0. The quantitative estimate of drug-likeness (QED) is 0.0262. The van der Waals surface area contributed by atoms with E-state index in [1.807, 2.05) is 12.2 Å². The van der Waals surface area contributed by atoms with Gasteiger partial charge in [0.25, 0.3) is 0 Å². The van der Waals surface area contributed by atoms with Crippen molar-refractivity contribution in [3.63, 3.8) is 0 Å². The molecule has 0 N–H and O–H groups in total. The molecule has 0 amide bonds. The first-order valence-corrected chi connectivity index (χ1v) is 26.4. The number of hydrogen-bond donors (Lipinski definition) is 0. The van der Waals surface area contributed by atoms with Crippen molar-refractivity contribution < 1.29 is 28.6 Å². The first-order valence-electron chi connectivity index (χ1n) is 26.4. The molecule has 0 saturated carbocycles. The number of esters is 3. The largest absolute Gasteiger partial charge is 0.462 e. The Morgan fingerprint density at radius 1 is 0.323 bits per heavy atom. The molecule has 0 aromatic carbocycles. The Kier molecular flexibility index (Phi) is 49.5. The molecule has 1 atom stereocenters. The second-order valence-corrected chi connectivity index (χ2v) is 17.1. The lowest BCUT2D eigenvalue weighted by Gasteiger charge is -2.18. The first kappa shape index (κ1) is 61.1. The van der Waals surface area contributed by atoms with Gasteiger partial charge in [-0.2, -0.15) is 0 Å². The summed E-state index contributed by atoms with van der Waals surface area (Å²) in [5, 5.41) is 0. The molecule has 368 valence electrons. The van der Waals surface area contributed by atoms with Crippen LogP contribution in [0.5, 0.6) is 0 Å². The number of rotatable bonds is 46. The molecule has 0 bridgehead atoms. The maximum absolute atomic E-state index is 12.8. The first-order chi connectivity index (χ1) is 32.0. The molecule has 6 heteroatoms. The summed E-state index contributed by atoms with van der Waals surface area (Å²) in [6, 6.07) is 0. The van der Waals surface area contributed by atoms with Crippen molar-refractivity contribution in [1.29, 1.82) is 0 Å². The molecule has 0 saturated heterocycles. The molecule has 0 aromatic heterocycles. The van der Waals surface area contributed by atoms with Gasteiger partial charge in [-0.1, -0.05) is 220 Å². The van der Waals surface area contributed by atoms with Crippen molar-refractivity contribution in [2.45, 2.75) is 232 Å². The summed E-state index contributed by atoms with van der Waals surface area (Å²) in [5.74, 6) is -1.05. The Hall–Kier alpha value is -3.93. The molecule has 0 spiro atoms. The van der Waals surface area contributed by atoms with E-state index >= 15 is 0 Å². The third kappa shape index (κ3) is 50.9. The van der Waals surface area contributed by atoms with Crippen molar-refractivity contribution in [1.82, 2.24) is 0 Å². The molecule has 0 aromatic rings. The molecule has 0 aliphatic rings. The lowest BCUT2D eigenvalue weighted by molar-refractivity contribution is -0.166. The van der Waals surface area contributed by atoms with Gasteiger partial charge in [-0.15, -0.1) is 0 Å². The average molecular weight is 901 g/mol. The van der Waals surface area contributed by atoms with Crippen LogP contribution in [-0.4, -0.2) is 37.2 Å². The Bertz CT molecular complexity index is 1360. The number of ether oxygens (including phenoxy) is 3. The minimum Gasteiger partial charge on any atom is -0.462 e. The second-order valence-electron chi connectivity index (χ2n) is 17.1. The van der Waals surface area contributed by atoms with Gasteiger partial charge in [0.2, 0.25) is 0 Å². The Morgan fingerprint density at radius 2 is 0.631 bits per heavy atom. The predicted molar refractivity (Wildman–Crippen MR) is 279 cm³/mol. The molecule has 6 nitrogen and oxygen atoms in total. The van der Waals surface area contributed by atoms with E-state index in [4.69, 9.17) is 14.2 Å². The highest BCUT2D eigenvalue weighted by molar-refractivity contribution is 5.71. The molecule has 0 fully saturated rings. The van der Waals surface area contributed by atoms with Crippen molar-refractivity contribution in [2.24, 2.45) is 0 Å². The smallest absolute Gasteiger partial charge is 0.306 e. The van der Waals surface area contributed by atoms with Gasteiger partial charge in [-0.3, -0.25) is 14.4 Å². The molecule has 0 rings (SSSR count). The number of carbonyl (C=O) groups is 3. The van der Waals surface area contributed by atoms with Crippen LogP contribution in [0.15, 0.2) is 109 Å². The van der Waals surface area contributed by atoms with Crippen molar-refractivity contribution in [3.05, 3.63) is 109 Å². The summed E-state index contributed by atoms with van der Waals surface area (Å²) in [6.07, 6.45) is 70.8. The van der Waals surface area contributed by atoms with E-state index in [1.54, 1.807) is 0 Å². The molecule has 0 heterocycles. The zero-order chi connectivity index (χ0) is 47.2. The number of hydrogen-bond acceptors (Lipinski definition) is 6. The Labute approximate surface area is 400 Å². The maximum Gasteiger partial charge on any atom is 0.306 e. The van der Waals surface area contributed by atoms with Gasteiger partial charge >= 0.3 is 17.9 Å². The fourth-order valence-electron chi connectivity index (χ4n) is 6.83. The highest BCUT2D eigenvalue weighted by Crippen LogP contribution is 2.14. The predicted octanol–water partition coefficient (Wildman–Crippen LogP) is 17.5. The van der Waals surface area contributed by atoms with E-state index in [0.717, 1.165) is 83.5 Å². The van der Waals surface area contributed by atoms with E-state index in [-0.39, 0.29) is 44.0 Å². The van der Waals surface area contributed by atoms with Crippen LogP contribution in [0.3, 0.4) is 0 Å². The highest BCUT2D eigenvalue weighted by Gasteiger charge is 2.19. The Morgan fingerprint density at radius 3 is 1.06 bits per heavy atom. The van der Waals surface area contributed by atoms with E-state index in [2.05, 4.69) is 118 Å². The number of unbranched alkanes of at least 4 members (excludes halogenated alkanes) is 17. The standard InChI is InChI=1S/C59H96O6/c1-4-7-10-13-16-19-22-25-27-28-29-30-32-34-37-40-43-46-49-52-58(61)64-55-56(54-63-57(60)51-48-45-42-39-36-33-24-21-18-15-12-9-6-3)65-59(62)53-50-47-44-41-38-35-31-26-23-20-17-14-11-8-5-2/h7,10,16-17,19-20,25-27,29-31,34,37-38,41,43,46,56H,4-6,8-9,11-15,18,21-24,28,32-33,35-36,39-40,42,44-45,47-55H2,1-3H3/b10-7-,19-16-,20-17-,27-25-,30-29-,31-26-,37-34-,41-38-,46-43-/t56-/m0/s1. The van der Waals surface area contributed by atoms with Gasteiger partial charge in [-0.05, 0) is 96.3 Å². The lowest BCUT2D eigenvalue weighted by Crippen LogP contribution is -2.30. The van der Waals surface area contributed by atoms with Crippen LogP contribution in [0.2, 0.25) is 0 Å². The molecular formula is C59H96O6. The van der Waals surface area contributed by atoms with Crippen LogP contribution in [0.1, 0.15) is 226 Å². The van der Waals surface area contributed by atoms with Crippen LogP contribution in [0, 0.1) is 0 Å². The molecule has 0 unspecified atom stereocenters.